The zero-order valence-corrected chi connectivity index (χ0v) is 15.4. The number of pyridine rings is 2. The van der Waals surface area contributed by atoms with Gasteiger partial charge < -0.3 is 0 Å². The third-order valence-corrected chi connectivity index (χ3v) is 3.23. The lowest BCUT2D eigenvalue weighted by Gasteiger charge is -1.92. The molecule has 0 unspecified atom stereocenters. The molecule has 3 aromatic rings. The van der Waals surface area contributed by atoms with Gasteiger partial charge in [0.25, 0.3) is 0 Å². The fraction of sp³-hybridized carbons (Fsp3) is 0.300. The number of aromatic nitrogens is 4. The maximum atomic E-state index is 4.08. The molecule has 0 saturated heterocycles. The van der Waals surface area contributed by atoms with Gasteiger partial charge in [-0.25, -0.2) is 9.97 Å². The second kappa shape index (κ2) is 10.2. The number of hydrogen-bond acceptors (Lipinski definition) is 4. The highest BCUT2D eigenvalue weighted by Crippen LogP contribution is 1.98. The van der Waals surface area contributed by atoms with Crippen molar-refractivity contribution < 1.29 is 0 Å². The number of hydrogen-bond donors (Lipinski definition) is 0. The molecule has 126 valence electrons. The topological polar surface area (TPSA) is 51.6 Å². The van der Waals surface area contributed by atoms with E-state index in [9.17, 15) is 0 Å². The van der Waals surface area contributed by atoms with Gasteiger partial charge in [0.15, 0.2) is 0 Å². The number of aryl methyl sites for hydroxylation is 6. The van der Waals surface area contributed by atoms with Crippen molar-refractivity contribution >= 4 is 0 Å². The third-order valence-electron chi connectivity index (χ3n) is 3.23. The quantitative estimate of drug-likeness (QED) is 0.612. The van der Waals surface area contributed by atoms with E-state index in [4.69, 9.17) is 0 Å². The van der Waals surface area contributed by atoms with Gasteiger partial charge in [-0.3, -0.25) is 9.97 Å². The van der Waals surface area contributed by atoms with Crippen molar-refractivity contribution in [3.05, 3.63) is 83.0 Å². The monoisotopic (exact) mass is 322 g/mol. The van der Waals surface area contributed by atoms with Crippen LogP contribution < -0.4 is 0 Å². The van der Waals surface area contributed by atoms with Crippen molar-refractivity contribution in [2.45, 2.75) is 41.5 Å². The van der Waals surface area contributed by atoms with Crippen LogP contribution >= 0.6 is 0 Å². The molecule has 0 atom stereocenters. The fourth-order valence-electron chi connectivity index (χ4n) is 1.71. The van der Waals surface area contributed by atoms with Gasteiger partial charge in [0.2, 0.25) is 0 Å². The predicted molar refractivity (Wildman–Crippen MR) is 98.9 cm³/mol. The summed E-state index contributed by atoms with van der Waals surface area (Å²) in [6.45, 7) is 12.0. The van der Waals surface area contributed by atoms with E-state index in [0.717, 1.165) is 22.8 Å². The SMILES string of the molecule is Cc1cccnc1C.Cc1ccnc(C)c1.Cc1cnc(C)nc1. The lowest BCUT2D eigenvalue weighted by Crippen LogP contribution is -1.84. The maximum Gasteiger partial charge on any atom is 0.125 e. The third kappa shape index (κ3) is 8.13. The minimum Gasteiger partial charge on any atom is -0.262 e. The highest BCUT2D eigenvalue weighted by molar-refractivity contribution is 5.15. The summed E-state index contributed by atoms with van der Waals surface area (Å²) in [4.78, 5) is 16.1. The van der Waals surface area contributed by atoms with Gasteiger partial charge in [0.05, 0.1) is 0 Å². The molecule has 4 nitrogen and oxygen atoms in total. The molecule has 0 aromatic carbocycles. The summed E-state index contributed by atoms with van der Waals surface area (Å²) in [5.74, 6) is 0.829. The minimum absolute atomic E-state index is 0.829. The van der Waals surface area contributed by atoms with E-state index in [1.54, 1.807) is 0 Å². The average Bonchev–Trinajstić information content (AvgIpc) is 2.54. The Morgan fingerprint density at radius 2 is 1.33 bits per heavy atom. The van der Waals surface area contributed by atoms with Crippen molar-refractivity contribution in [1.82, 2.24) is 19.9 Å². The van der Waals surface area contributed by atoms with Crippen LogP contribution in [0.3, 0.4) is 0 Å². The average molecular weight is 322 g/mol. The Hall–Kier alpha value is -2.62. The van der Waals surface area contributed by atoms with Crippen LogP contribution in [-0.2, 0) is 0 Å². The summed E-state index contributed by atoms with van der Waals surface area (Å²) in [6, 6.07) is 8.05. The van der Waals surface area contributed by atoms with Crippen LogP contribution in [-0.4, -0.2) is 19.9 Å². The molecule has 0 aliphatic rings. The van der Waals surface area contributed by atoms with Gasteiger partial charge in [-0.15, -0.1) is 0 Å². The van der Waals surface area contributed by atoms with E-state index >= 15 is 0 Å². The van der Waals surface area contributed by atoms with E-state index in [-0.39, 0.29) is 0 Å². The van der Waals surface area contributed by atoms with Gasteiger partial charge >= 0.3 is 0 Å². The van der Waals surface area contributed by atoms with Crippen LogP contribution in [0.15, 0.2) is 49.1 Å². The van der Waals surface area contributed by atoms with Gasteiger partial charge in [0.1, 0.15) is 5.82 Å². The van der Waals surface area contributed by atoms with Gasteiger partial charge in [0, 0.05) is 36.2 Å². The molecule has 0 bridgehead atoms. The molecule has 0 fully saturated rings. The molecule has 0 aliphatic heterocycles. The summed E-state index contributed by atoms with van der Waals surface area (Å²) >= 11 is 0. The molecule has 0 saturated carbocycles. The highest BCUT2D eigenvalue weighted by atomic mass is 14.8. The largest absolute Gasteiger partial charge is 0.262 e. The van der Waals surface area contributed by atoms with Crippen LogP contribution in [0.4, 0.5) is 0 Å². The molecule has 3 heterocycles. The van der Waals surface area contributed by atoms with Crippen molar-refractivity contribution in [3.8, 4) is 0 Å². The minimum atomic E-state index is 0.829. The first kappa shape index (κ1) is 19.4. The number of nitrogens with zero attached hydrogens (tertiary/aromatic N) is 4. The molecule has 0 amide bonds. The molecule has 0 aliphatic carbocycles. The molecule has 0 spiro atoms. The summed E-state index contributed by atoms with van der Waals surface area (Å²) in [6.07, 6.45) is 7.25. The van der Waals surface area contributed by atoms with E-state index in [1.807, 2.05) is 64.6 Å². The first-order chi connectivity index (χ1) is 11.4. The zero-order valence-electron chi connectivity index (χ0n) is 15.4. The normalized spacial score (nSPS) is 9.25. The molecule has 3 aromatic heterocycles. The van der Waals surface area contributed by atoms with E-state index < -0.39 is 0 Å². The Kier molecular flexibility index (Phi) is 8.26. The van der Waals surface area contributed by atoms with Crippen LogP contribution in [0, 0.1) is 41.5 Å². The Balaban J connectivity index is 0.000000180. The second-order valence-corrected chi connectivity index (χ2v) is 5.69. The summed E-state index contributed by atoms with van der Waals surface area (Å²) in [5, 5.41) is 0. The smallest absolute Gasteiger partial charge is 0.125 e. The first-order valence-electron chi connectivity index (χ1n) is 7.91. The van der Waals surface area contributed by atoms with Crippen LogP contribution in [0.2, 0.25) is 0 Å². The Morgan fingerprint density at radius 1 is 0.667 bits per heavy atom. The Morgan fingerprint density at radius 3 is 1.71 bits per heavy atom. The zero-order chi connectivity index (χ0) is 17.9. The lowest BCUT2D eigenvalue weighted by atomic mass is 10.2. The summed E-state index contributed by atoms with van der Waals surface area (Å²) < 4.78 is 0. The molecular formula is C20H26N4. The van der Waals surface area contributed by atoms with Crippen molar-refractivity contribution in [2.24, 2.45) is 0 Å². The van der Waals surface area contributed by atoms with E-state index in [2.05, 4.69) is 45.9 Å². The fourth-order valence-corrected chi connectivity index (χ4v) is 1.71. The molecule has 4 heteroatoms. The second-order valence-electron chi connectivity index (χ2n) is 5.69. The van der Waals surface area contributed by atoms with Crippen LogP contribution in [0.25, 0.3) is 0 Å². The molecule has 3 rings (SSSR count). The predicted octanol–water partition coefficient (Wildman–Crippen LogP) is 4.49. The van der Waals surface area contributed by atoms with Crippen molar-refractivity contribution in [1.29, 1.82) is 0 Å². The number of rotatable bonds is 0. The molecular weight excluding hydrogens is 296 g/mol. The summed E-state index contributed by atoms with van der Waals surface area (Å²) in [5.41, 5.74) is 5.85. The molecule has 0 N–H and O–H groups in total. The highest BCUT2D eigenvalue weighted by Gasteiger charge is 1.85. The lowest BCUT2D eigenvalue weighted by molar-refractivity contribution is 1.03. The van der Waals surface area contributed by atoms with Crippen molar-refractivity contribution in [3.63, 3.8) is 0 Å². The van der Waals surface area contributed by atoms with E-state index in [0.29, 0.717) is 0 Å². The molecule has 0 radical (unpaired) electrons. The van der Waals surface area contributed by atoms with Gasteiger partial charge in [-0.1, -0.05) is 6.07 Å². The Labute approximate surface area is 145 Å². The Bertz CT molecular complexity index is 677. The van der Waals surface area contributed by atoms with Gasteiger partial charge in [-0.05, 0) is 76.4 Å². The summed E-state index contributed by atoms with van der Waals surface area (Å²) in [7, 11) is 0. The maximum absolute atomic E-state index is 4.08. The first-order valence-corrected chi connectivity index (χ1v) is 7.91. The molecule has 24 heavy (non-hydrogen) atoms. The van der Waals surface area contributed by atoms with Crippen LogP contribution in [0.5, 0.6) is 0 Å². The van der Waals surface area contributed by atoms with Crippen molar-refractivity contribution in [2.75, 3.05) is 0 Å². The van der Waals surface area contributed by atoms with Gasteiger partial charge in [-0.2, -0.15) is 0 Å². The van der Waals surface area contributed by atoms with Crippen LogP contribution in [0.1, 0.15) is 33.9 Å². The standard InChI is InChI=1S/2C7H9N.C6H8N2/c1-6-3-4-8-7(2)5-6;1-6-4-3-5-8-7(6)2;1-5-3-7-6(2)8-4-5/h2*3-5H,1-2H3;3-4H,1-2H3. The van der Waals surface area contributed by atoms with E-state index in [1.165, 1.54) is 11.1 Å².